The second kappa shape index (κ2) is 7.76. The summed E-state index contributed by atoms with van der Waals surface area (Å²) in [5.41, 5.74) is 3.23. The van der Waals surface area contributed by atoms with E-state index in [1.54, 1.807) is 17.6 Å². The zero-order valence-corrected chi connectivity index (χ0v) is 15.4. The van der Waals surface area contributed by atoms with E-state index in [0.29, 0.717) is 23.2 Å². The van der Waals surface area contributed by atoms with Gasteiger partial charge in [-0.3, -0.25) is 4.79 Å². The Hall–Kier alpha value is -2.57. The van der Waals surface area contributed by atoms with Crippen LogP contribution < -0.4 is 10.6 Å². The third-order valence-electron chi connectivity index (χ3n) is 3.97. The lowest BCUT2D eigenvalue weighted by atomic mass is 10.2. The SMILES string of the molecule is Cc1ccc(NC(=O)Cn2c(NC[C@@H](C)O)nc3ccccc32)cc1Cl. The molecule has 1 amide bonds. The van der Waals surface area contributed by atoms with Crippen molar-refractivity contribution in [2.45, 2.75) is 26.5 Å². The summed E-state index contributed by atoms with van der Waals surface area (Å²) in [6, 6.07) is 13.0. The lowest BCUT2D eigenvalue weighted by Gasteiger charge is -2.12. The van der Waals surface area contributed by atoms with E-state index in [1.165, 1.54) is 0 Å². The van der Waals surface area contributed by atoms with Gasteiger partial charge in [0.05, 0.1) is 17.1 Å². The quantitative estimate of drug-likeness (QED) is 0.619. The summed E-state index contributed by atoms with van der Waals surface area (Å²) >= 11 is 6.11. The van der Waals surface area contributed by atoms with E-state index in [0.717, 1.165) is 16.6 Å². The number of nitrogens with zero attached hydrogens (tertiary/aromatic N) is 2. The van der Waals surface area contributed by atoms with Gasteiger partial charge in [-0.1, -0.05) is 29.8 Å². The molecule has 0 unspecified atom stereocenters. The Morgan fingerprint density at radius 1 is 1.31 bits per heavy atom. The maximum Gasteiger partial charge on any atom is 0.244 e. The molecule has 0 saturated heterocycles. The van der Waals surface area contributed by atoms with Gasteiger partial charge in [0.15, 0.2) is 0 Å². The molecule has 0 saturated carbocycles. The van der Waals surface area contributed by atoms with Gasteiger partial charge in [-0.05, 0) is 43.7 Å². The van der Waals surface area contributed by atoms with Crippen molar-refractivity contribution in [1.29, 1.82) is 0 Å². The minimum Gasteiger partial charge on any atom is -0.392 e. The maximum absolute atomic E-state index is 12.5. The first-order chi connectivity index (χ1) is 12.4. The average molecular weight is 373 g/mol. The lowest BCUT2D eigenvalue weighted by Crippen LogP contribution is -2.22. The molecule has 0 aliphatic carbocycles. The molecule has 2 aromatic carbocycles. The molecule has 0 radical (unpaired) electrons. The van der Waals surface area contributed by atoms with Crippen molar-refractivity contribution in [3.8, 4) is 0 Å². The normalized spacial score (nSPS) is 12.2. The lowest BCUT2D eigenvalue weighted by molar-refractivity contribution is -0.116. The Labute approximate surface area is 156 Å². The van der Waals surface area contributed by atoms with Crippen molar-refractivity contribution in [2.24, 2.45) is 0 Å². The highest BCUT2D eigenvalue weighted by Crippen LogP contribution is 2.22. The number of carbonyl (C=O) groups is 1. The maximum atomic E-state index is 12.5. The Balaban J connectivity index is 1.82. The summed E-state index contributed by atoms with van der Waals surface area (Å²) in [6.45, 7) is 4.03. The highest BCUT2D eigenvalue weighted by molar-refractivity contribution is 6.31. The summed E-state index contributed by atoms with van der Waals surface area (Å²) in [4.78, 5) is 17.0. The molecule has 136 valence electrons. The van der Waals surface area contributed by atoms with Gasteiger partial charge in [0.2, 0.25) is 11.9 Å². The Morgan fingerprint density at radius 3 is 2.81 bits per heavy atom. The van der Waals surface area contributed by atoms with Crippen LogP contribution in [0, 0.1) is 6.92 Å². The van der Waals surface area contributed by atoms with Crippen LogP contribution >= 0.6 is 11.6 Å². The molecule has 0 aliphatic rings. The highest BCUT2D eigenvalue weighted by Gasteiger charge is 2.14. The fourth-order valence-electron chi connectivity index (χ4n) is 2.62. The number of para-hydroxylation sites is 2. The van der Waals surface area contributed by atoms with Crippen LogP contribution in [0.25, 0.3) is 11.0 Å². The molecule has 26 heavy (non-hydrogen) atoms. The van der Waals surface area contributed by atoms with Gasteiger partial charge >= 0.3 is 0 Å². The van der Waals surface area contributed by atoms with Crippen molar-refractivity contribution in [2.75, 3.05) is 17.2 Å². The Morgan fingerprint density at radius 2 is 2.08 bits per heavy atom. The molecular weight excluding hydrogens is 352 g/mol. The number of halogens is 1. The number of aliphatic hydroxyl groups excluding tert-OH is 1. The number of hydrogen-bond donors (Lipinski definition) is 3. The second-order valence-corrected chi connectivity index (χ2v) is 6.66. The molecule has 0 aliphatic heterocycles. The largest absolute Gasteiger partial charge is 0.392 e. The van der Waals surface area contributed by atoms with Gasteiger partial charge in [-0.25, -0.2) is 4.98 Å². The number of imidazole rings is 1. The molecule has 7 heteroatoms. The number of hydrogen-bond acceptors (Lipinski definition) is 4. The molecule has 3 aromatic rings. The molecule has 1 heterocycles. The first-order valence-electron chi connectivity index (χ1n) is 8.37. The number of aliphatic hydroxyl groups is 1. The Bertz CT molecular complexity index is 936. The molecular formula is C19H21ClN4O2. The molecule has 0 fully saturated rings. The molecule has 1 atom stereocenters. The number of fused-ring (bicyclic) bond motifs is 1. The molecule has 1 aromatic heterocycles. The summed E-state index contributed by atoms with van der Waals surface area (Å²) in [6.07, 6.45) is -0.521. The fourth-order valence-corrected chi connectivity index (χ4v) is 2.80. The van der Waals surface area contributed by atoms with E-state index in [-0.39, 0.29) is 12.5 Å². The van der Waals surface area contributed by atoms with Crippen LogP contribution in [0.4, 0.5) is 11.6 Å². The number of rotatable bonds is 6. The summed E-state index contributed by atoms with van der Waals surface area (Å²) in [5, 5.41) is 16.1. The van der Waals surface area contributed by atoms with Crippen molar-refractivity contribution in [1.82, 2.24) is 9.55 Å². The predicted octanol–water partition coefficient (Wildman–Crippen LogP) is 3.43. The van der Waals surface area contributed by atoms with Gasteiger partial charge in [0.25, 0.3) is 0 Å². The average Bonchev–Trinajstić information content (AvgIpc) is 2.94. The van der Waals surface area contributed by atoms with Gasteiger partial charge in [0.1, 0.15) is 6.54 Å². The van der Waals surface area contributed by atoms with Crippen LogP contribution in [0.3, 0.4) is 0 Å². The molecule has 3 rings (SSSR count). The number of amides is 1. The zero-order valence-electron chi connectivity index (χ0n) is 14.7. The molecule has 3 N–H and O–H groups in total. The van der Waals surface area contributed by atoms with Crippen LogP contribution in [0.1, 0.15) is 12.5 Å². The second-order valence-electron chi connectivity index (χ2n) is 6.25. The number of nitrogens with one attached hydrogen (secondary N) is 2. The third kappa shape index (κ3) is 4.15. The van der Waals surface area contributed by atoms with Crippen molar-refractivity contribution in [3.05, 3.63) is 53.1 Å². The number of aromatic nitrogens is 2. The van der Waals surface area contributed by atoms with Crippen LogP contribution in [0.5, 0.6) is 0 Å². The van der Waals surface area contributed by atoms with Crippen LogP contribution in [-0.4, -0.2) is 33.2 Å². The van der Waals surface area contributed by atoms with E-state index in [1.807, 2.05) is 43.3 Å². The molecule has 0 bridgehead atoms. The molecule has 0 spiro atoms. The highest BCUT2D eigenvalue weighted by atomic mass is 35.5. The van der Waals surface area contributed by atoms with E-state index in [9.17, 15) is 9.90 Å². The van der Waals surface area contributed by atoms with Gasteiger partial charge in [-0.2, -0.15) is 0 Å². The first-order valence-corrected chi connectivity index (χ1v) is 8.75. The van der Waals surface area contributed by atoms with E-state index in [4.69, 9.17) is 11.6 Å². The van der Waals surface area contributed by atoms with Crippen molar-refractivity contribution >= 4 is 40.2 Å². The third-order valence-corrected chi connectivity index (χ3v) is 4.37. The minimum absolute atomic E-state index is 0.0914. The van der Waals surface area contributed by atoms with Crippen molar-refractivity contribution < 1.29 is 9.90 Å². The number of benzene rings is 2. The van der Waals surface area contributed by atoms with Gasteiger partial charge in [0, 0.05) is 17.3 Å². The van der Waals surface area contributed by atoms with Crippen LogP contribution in [0.2, 0.25) is 5.02 Å². The summed E-state index contributed by atoms with van der Waals surface area (Å²) < 4.78 is 1.79. The number of carbonyl (C=O) groups excluding carboxylic acids is 1. The van der Waals surface area contributed by atoms with Crippen LogP contribution in [-0.2, 0) is 11.3 Å². The van der Waals surface area contributed by atoms with Gasteiger partial charge in [-0.15, -0.1) is 0 Å². The standard InChI is InChI=1S/C19H21ClN4O2/c1-12-7-8-14(9-15(12)20)22-18(26)11-24-17-6-4-3-5-16(17)23-19(24)21-10-13(2)25/h3-9,13,25H,10-11H2,1-2H3,(H,21,23)(H,22,26)/t13-/m1/s1. The summed E-state index contributed by atoms with van der Waals surface area (Å²) in [7, 11) is 0. The van der Waals surface area contributed by atoms with Crippen molar-refractivity contribution in [3.63, 3.8) is 0 Å². The number of aryl methyl sites for hydroxylation is 1. The van der Waals surface area contributed by atoms with Gasteiger partial charge < -0.3 is 20.3 Å². The monoisotopic (exact) mass is 372 g/mol. The smallest absolute Gasteiger partial charge is 0.244 e. The zero-order chi connectivity index (χ0) is 18.7. The first kappa shape index (κ1) is 18.2. The Kier molecular flexibility index (Phi) is 5.44. The molecule has 6 nitrogen and oxygen atoms in total. The fraction of sp³-hybridized carbons (Fsp3) is 0.263. The summed E-state index contributed by atoms with van der Waals surface area (Å²) in [5.74, 6) is 0.359. The topological polar surface area (TPSA) is 79.2 Å². The van der Waals surface area contributed by atoms with E-state index >= 15 is 0 Å². The number of anilines is 2. The van der Waals surface area contributed by atoms with Crippen LogP contribution in [0.15, 0.2) is 42.5 Å². The van der Waals surface area contributed by atoms with E-state index in [2.05, 4.69) is 15.6 Å². The minimum atomic E-state index is -0.521. The predicted molar refractivity (Wildman–Crippen MR) is 105 cm³/mol. The van der Waals surface area contributed by atoms with E-state index < -0.39 is 6.10 Å².